The van der Waals surface area contributed by atoms with Crippen LogP contribution < -0.4 is 10.2 Å². The molecule has 3 aromatic rings. The van der Waals surface area contributed by atoms with Crippen LogP contribution in [0.2, 0.25) is 0 Å². The molecule has 0 aromatic carbocycles. The number of rotatable bonds is 0. The van der Waals surface area contributed by atoms with Crippen molar-refractivity contribution in [2.45, 2.75) is 44.6 Å². The van der Waals surface area contributed by atoms with Crippen molar-refractivity contribution in [1.82, 2.24) is 24.9 Å². The van der Waals surface area contributed by atoms with Gasteiger partial charge in [0.2, 0.25) is 0 Å². The van der Waals surface area contributed by atoms with Gasteiger partial charge in [-0.2, -0.15) is 5.10 Å². The van der Waals surface area contributed by atoms with E-state index < -0.39 is 24.7 Å². The van der Waals surface area contributed by atoms with Crippen molar-refractivity contribution >= 4 is 17.2 Å². The van der Waals surface area contributed by atoms with Gasteiger partial charge >= 0.3 is 0 Å². The van der Waals surface area contributed by atoms with Crippen molar-refractivity contribution in [3.05, 3.63) is 59.9 Å². The minimum atomic E-state index is -2.38. The molecule has 5 rings (SSSR count). The maximum atomic E-state index is 14.3. The van der Waals surface area contributed by atoms with Gasteiger partial charge in [-0.05, 0) is 50.3 Å². The van der Waals surface area contributed by atoms with Crippen LogP contribution in [-0.4, -0.2) is 32.1 Å². The molecule has 0 radical (unpaired) electrons. The molecule has 0 aliphatic carbocycles. The fourth-order valence-corrected chi connectivity index (χ4v) is 3.85. The summed E-state index contributed by atoms with van der Waals surface area (Å²) in [4.78, 5) is 10.3. The molecule has 0 saturated carbocycles. The fourth-order valence-electron chi connectivity index (χ4n) is 3.85. The second kappa shape index (κ2) is 6.58. The molecule has 144 valence electrons. The number of fused-ring (bicyclic) bond motifs is 5. The molecule has 2 aliphatic rings. The molecule has 5 heterocycles. The first kappa shape index (κ1) is 13.3. The predicted octanol–water partition coefficient (Wildman–Crippen LogP) is 3.50. The van der Waals surface area contributed by atoms with Crippen LogP contribution >= 0.6 is 0 Å². The molecule has 0 amide bonds. The van der Waals surface area contributed by atoms with Crippen LogP contribution in [-0.2, 0) is 6.42 Å². The zero-order valence-electron chi connectivity index (χ0n) is 19.5. The average molecular weight is 382 g/mol. The smallest absolute Gasteiger partial charge is 0.166 e. The summed E-state index contributed by atoms with van der Waals surface area (Å²) in [5.41, 5.74) is 2.90. The Morgan fingerprint density at radius 3 is 3.14 bits per heavy atom. The highest BCUT2D eigenvalue weighted by Gasteiger charge is 2.30. The second-order valence-corrected chi connectivity index (χ2v) is 7.24. The van der Waals surface area contributed by atoms with Crippen molar-refractivity contribution in [3.8, 4) is 0 Å². The van der Waals surface area contributed by atoms with Crippen LogP contribution in [0.3, 0.4) is 0 Å². The highest BCUT2D eigenvalue weighted by Crippen LogP contribution is 2.37. The molecule has 6 nitrogen and oxygen atoms in total. The molecule has 28 heavy (non-hydrogen) atoms. The first-order chi connectivity index (χ1) is 15.1. The van der Waals surface area contributed by atoms with Crippen molar-refractivity contribution < 1.29 is 9.87 Å². The van der Waals surface area contributed by atoms with Crippen LogP contribution in [0.1, 0.15) is 54.5 Å². The van der Waals surface area contributed by atoms with Crippen LogP contribution in [0.25, 0.3) is 11.3 Å². The van der Waals surface area contributed by atoms with E-state index in [1.54, 1.807) is 23.0 Å². The van der Waals surface area contributed by atoms with E-state index in [9.17, 15) is 4.39 Å². The highest BCUT2D eigenvalue weighted by atomic mass is 19.1. The Labute approximate surface area is 168 Å². The predicted molar refractivity (Wildman–Crippen MR) is 106 cm³/mol. The number of nitrogens with zero attached hydrogens (tertiary/aromatic N) is 5. The quantitative estimate of drug-likeness (QED) is 0.645. The number of hydrogen-bond donors (Lipinski definition) is 1. The third kappa shape index (κ3) is 2.82. The Hall–Kier alpha value is -2.96. The van der Waals surface area contributed by atoms with E-state index in [4.69, 9.17) is 5.48 Å². The van der Waals surface area contributed by atoms with Gasteiger partial charge in [-0.25, -0.2) is 13.9 Å². The minimum absolute atomic E-state index is 0.0265. The molecule has 1 saturated heterocycles. The fraction of sp³-hybridized carbons (Fsp3) is 0.381. The van der Waals surface area contributed by atoms with Gasteiger partial charge in [-0.1, -0.05) is 6.58 Å². The summed E-state index contributed by atoms with van der Waals surface area (Å²) in [5, 5.41) is 7.67. The number of aryl methyl sites for hydroxylation is 1. The Morgan fingerprint density at radius 1 is 1.36 bits per heavy atom. The maximum Gasteiger partial charge on any atom is 0.166 e. The zero-order valence-corrected chi connectivity index (χ0v) is 15.5. The van der Waals surface area contributed by atoms with Gasteiger partial charge in [0.15, 0.2) is 5.65 Å². The van der Waals surface area contributed by atoms with Crippen molar-refractivity contribution in [3.63, 3.8) is 0 Å². The summed E-state index contributed by atoms with van der Waals surface area (Å²) < 4.78 is 50.0. The van der Waals surface area contributed by atoms with Gasteiger partial charge in [0.25, 0.3) is 0 Å². The lowest BCUT2D eigenvalue weighted by Crippen LogP contribution is -2.26. The number of nitrogens with one attached hydrogen (secondary N) is 1. The van der Waals surface area contributed by atoms with E-state index in [0.717, 1.165) is 6.20 Å². The molecule has 2 aliphatic heterocycles. The number of hydrogen-bond acceptors (Lipinski definition) is 5. The lowest BCUT2D eigenvalue weighted by Gasteiger charge is -2.27. The number of anilines is 1. The van der Waals surface area contributed by atoms with Crippen molar-refractivity contribution in [2.75, 3.05) is 11.4 Å². The molecule has 1 fully saturated rings. The summed E-state index contributed by atoms with van der Waals surface area (Å²) >= 11 is 0. The van der Waals surface area contributed by atoms with E-state index in [-0.39, 0.29) is 18.3 Å². The maximum absolute atomic E-state index is 14.3. The molecular formula is C21H23FN6. The van der Waals surface area contributed by atoms with E-state index in [2.05, 4.69) is 27.0 Å². The molecule has 3 aromatic heterocycles. The van der Waals surface area contributed by atoms with Gasteiger partial charge in [0.1, 0.15) is 11.6 Å². The summed E-state index contributed by atoms with van der Waals surface area (Å²) in [6.45, 7) is 3.76. The number of pyridine rings is 1. The van der Waals surface area contributed by atoms with Crippen molar-refractivity contribution in [2.24, 2.45) is 0 Å². The molecule has 1 unspecified atom stereocenters. The first-order valence-electron chi connectivity index (χ1n) is 11.3. The highest BCUT2D eigenvalue weighted by molar-refractivity contribution is 5.74. The Kier molecular flexibility index (Phi) is 3.12. The van der Waals surface area contributed by atoms with E-state index in [0.29, 0.717) is 41.0 Å². The second-order valence-electron chi connectivity index (χ2n) is 7.24. The number of halogens is 1. The molecular weight excluding hydrogens is 355 g/mol. The van der Waals surface area contributed by atoms with Gasteiger partial charge in [-0.3, -0.25) is 4.98 Å². The van der Waals surface area contributed by atoms with Gasteiger partial charge in [0, 0.05) is 35.6 Å². The summed E-state index contributed by atoms with van der Waals surface area (Å²) in [5.74, 6) is -0.298. The average Bonchev–Trinajstić information content (AvgIpc) is 3.22. The van der Waals surface area contributed by atoms with E-state index in [1.165, 1.54) is 11.0 Å². The topological polar surface area (TPSA) is 58.4 Å². The van der Waals surface area contributed by atoms with Gasteiger partial charge in [-0.15, -0.1) is 0 Å². The lowest BCUT2D eigenvalue weighted by atomic mass is 9.98. The molecule has 0 spiro atoms. The molecule has 7 heteroatoms. The molecule has 1 N–H and O–H groups in total. The minimum Gasteiger partial charge on any atom is -0.382 e. The third-order valence-electron chi connectivity index (χ3n) is 5.30. The van der Waals surface area contributed by atoms with Gasteiger partial charge in [0.05, 0.1) is 24.0 Å². The summed E-state index contributed by atoms with van der Waals surface area (Å²) in [7, 11) is 0. The van der Waals surface area contributed by atoms with Crippen LogP contribution in [0, 0.1) is 5.82 Å². The standard InChI is InChI=1S/C21H23FN6/c1-13-5-6-18-16(10-15(22)11-23-18)19-4-3-8-27(19)20-7-9-28-21(26-20)17(12-24-28)14(2)25-13/h7,9-13,19,25H,2-6,8H2,1H3/t13-,19?/m1/s1/i3D2,8D2. The molecule has 2 atom stereocenters. The van der Waals surface area contributed by atoms with Crippen LogP contribution in [0.4, 0.5) is 10.2 Å². The Balaban J connectivity index is 1.78. The SMILES string of the molecule is [2H]C1([2H])CC2c3cc(F)cnc3CC[C@@H](C)NC(=C)c3cnn4ccc(nc34)N2C1([2H])[2H]. The summed E-state index contributed by atoms with van der Waals surface area (Å²) in [6, 6.07) is 2.20. The lowest BCUT2D eigenvalue weighted by molar-refractivity contribution is 0.575. The van der Waals surface area contributed by atoms with E-state index >= 15 is 0 Å². The third-order valence-corrected chi connectivity index (χ3v) is 5.30. The first-order valence-corrected chi connectivity index (χ1v) is 9.32. The normalized spacial score (nSPS) is 27.9. The van der Waals surface area contributed by atoms with Crippen molar-refractivity contribution in [1.29, 1.82) is 0 Å². The number of aromatic nitrogens is 4. The molecule has 2 bridgehead atoms. The van der Waals surface area contributed by atoms with Crippen LogP contribution in [0.5, 0.6) is 0 Å². The Bertz CT molecular complexity index is 1230. The monoisotopic (exact) mass is 382 g/mol. The van der Waals surface area contributed by atoms with Gasteiger partial charge < -0.3 is 10.2 Å². The van der Waals surface area contributed by atoms with E-state index in [1.807, 2.05) is 6.92 Å². The largest absolute Gasteiger partial charge is 0.382 e. The summed E-state index contributed by atoms with van der Waals surface area (Å²) in [6.07, 6.45) is 3.30. The van der Waals surface area contributed by atoms with Crippen LogP contribution in [0.15, 0.2) is 37.3 Å². The zero-order chi connectivity index (χ0) is 22.8. The Morgan fingerprint density at radius 2 is 2.25 bits per heavy atom.